The Morgan fingerprint density at radius 2 is 1.61 bits per heavy atom. The number of piperidine rings is 1. The predicted octanol–water partition coefficient (Wildman–Crippen LogP) is 6.57. The normalized spacial score (nSPS) is 40.0. The van der Waals surface area contributed by atoms with Crippen LogP contribution in [0.15, 0.2) is 47.6 Å². The van der Waals surface area contributed by atoms with Crippen molar-refractivity contribution in [2.24, 2.45) is 35.5 Å². The smallest absolute Gasteiger partial charge is 0.329 e. The van der Waals surface area contributed by atoms with E-state index in [-0.39, 0.29) is 54.8 Å². The molecule has 14 heteroatoms. The van der Waals surface area contributed by atoms with Crippen molar-refractivity contribution in [2.45, 2.75) is 187 Å². The van der Waals surface area contributed by atoms with Gasteiger partial charge < -0.3 is 43.9 Å². The lowest BCUT2D eigenvalue weighted by Crippen LogP contribution is -2.61. The third kappa shape index (κ3) is 14.6. The first kappa shape index (κ1) is 55.2. The molecule has 1 saturated carbocycles. The molecule has 0 aromatic rings. The first-order valence-corrected chi connectivity index (χ1v) is 24.5. The van der Waals surface area contributed by atoms with Gasteiger partial charge in [-0.25, -0.2) is 4.79 Å². The van der Waals surface area contributed by atoms with E-state index in [9.17, 15) is 39.3 Å². The van der Waals surface area contributed by atoms with Crippen molar-refractivity contribution in [1.29, 1.82) is 0 Å². The van der Waals surface area contributed by atoms with Crippen molar-refractivity contribution in [3.05, 3.63) is 47.6 Å². The summed E-state index contributed by atoms with van der Waals surface area (Å²) in [4.78, 5) is 71.9. The summed E-state index contributed by atoms with van der Waals surface area (Å²) in [5.41, 5.74) is 1.29. The molecule has 14 nitrogen and oxygen atoms in total. The van der Waals surface area contributed by atoms with Crippen molar-refractivity contribution in [3.63, 3.8) is 0 Å². The highest BCUT2D eigenvalue weighted by Gasteiger charge is 2.53. The number of carbonyl (C=O) groups excluding carboxylic acids is 5. The molecule has 1 amide bonds. The van der Waals surface area contributed by atoms with E-state index in [1.54, 1.807) is 34.0 Å². The Bertz CT molecular complexity index is 1770. The summed E-state index contributed by atoms with van der Waals surface area (Å²) in [5.74, 6) is -7.95. The fourth-order valence-electron chi connectivity index (χ4n) is 10.2. The molecule has 0 spiro atoms. The van der Waals surface area contributed by atoms with Crippen LogP contribution in [0.2, 0.25) is 0 Å². The number of ketones is 3. The van der Waals surface area contributed by atoms with Crippen LogP contribution in [0.4, 0.5) is 0 Å². The van der Waals surface area contributed by atoms with Gasteiger partial charge in [0.1, 0.15) is 30.1 Å². The maximum atomic E-state index is 14.4. The van der Waals surface area contributed by atoms with Crippen molar-refractivity contribution >= 4 is 29.2 Å². The number of aliphatic hydroxyl groups excluding tert-OH is 2. The molecule has 3 N–H and O–H groups in total. The van der Waals surface area contributed by atoms with Gasteiger partial charge in [-0.3, -0.25) is 19.2 Å². The summed E-state index contributed by atoms with van der Waals surface area (Å²) in [6, 6.07) is -1.14. The van der Waals surface area contributed by atoms with Crippen LogP contribution < -0.4 is 0 Å². The minimum Gasteiger partial charge on any atom is -0.460 e. The zero-order valence-corrected chi connectivity index (χ0v) is 41.3. The molecule has 3 heterocycles. The number of amides is 1. The molecule has 4 rings (SSSR count). The van der Waals surface area contributed by atoms with Gasteiger partial charge in [-0.1, -0.05) is 71.1 Å². The van der Waals surface area contributed by atoms with Gasteiger partial charge in [0.25, 0.3) is 11.7 Å². The van der Waals surface area contributed by atoms with Gasteiger partial charge in [0.2, 0.25) is 5.79 Å². The van der Waals surface area contributed by atoms with Crippen molar-refractivity contribution in [1.82, 2.24) is 4.90 Å². The number of Topliss-reactive ketones (excluding diaryl/α,β-unsaturated/α-hetero) is 3. The topological polar surface area (TPSA) is 195 Å². The van der Waals surface area contributed by atoms with E-state index in [0.717, 1.165) is 12.0 Å². The second-order valence-electron chi connectivity index (χ2n) is 19.8. The highest BCUT2D eigenvalue weighted by atomic mass is 16.6. The van der Waals surface area contributed by atoms with E-state index >= 15 is 0 Å². The number of hydrogen-bond donors (Lipinski definition) is 3. The molecule has 2 bridgehead atoms. The number of methoxy groups -OCH3 is 2. The van der Waals surface area contributed by atoms with Gasteiger partial charge in [-0.2, -0.15) is 0 Å². The first-order chi connectivity index (χ1) is 31.2. The average molecular weight is 928 g/mol. The standard InChI is InChI=1S/C52H81NO13/c1-11-64-43-29-39-22-20-37(8)52(61,66-39)49(58)50(59)53-24-16-15-19-40(53)51(60)65-44(34(5)27-38-21-23-41(54)45(28-38)62-9)30-42(55)33(4)26-36(7)47(57)48(63-10)46(56)35(6)25-31(2)17-13-12-14-18-32(43)3/h12-14,17-18,26,31,33-35,37-41,43-45,47-48,54,57,61H,11,15-16,19-25,27-30H2,1-10H3/b14-12+,17-13+,32-18+,36-26+/t31-,33-,34-,35-,37-,38+,39+,40+,41-,43?,44+,45-,47-,48+,52-/m1/s1. The lowest BCUT2D eigenvalue weighted by atomic mass is 9.78. The Morgan fingerprint density at radius 3 is 2.29 bits per heavy atom. The van der Waals surface area contributed by atoms with E-state index < -0.39 is 83.9 Å². The Hall–Kier alpha value is -3.37. The van der Waals surface area contributed by atoms with E-state index in [0.29, 0.717) is 70.0 Å². The number of fused-ring (bicyclic) bond motifs is 3. The van der Waals surface area contributed by atoms with Crippen LogP contribution in [0.1, 0.15) is 132 Å². The molecule has 0 aromatic heterocycles. The fraction of sp³-hybridized carbons (Fsp3) is 0.750. The van der Waals surface area contributed by atoms with Crippen LogP contribution in [0.3, 0.4) is 0 Å². The first-order valence-electron chi connectivity index (χ1n) is 24.5. The average Bonchev–Trinajstić information content (AvgIpc) is 3.29. The minimum atomic E-state index is -2.43. The molecule has 0 radical (unpaired) electrons. The zero-order valence-electron chi connectivity index (χ0n) is 41.3. The minimum absolute atomic E-state index is 0.0188. The van der Waals surface area contributed by atoms with Gasteiger partial charge in [0.05, 0.1) is 24.4 Å². The number of ether oxygens (including phenoxy) is 5. The lowest BCUT2D eigenvalue weighted by molar-refractivity contribution is -0.266. The van der Waals surface area contributed by atoms with Crippen molar-refractivity contribution in [2.75, 3.05) is 27.4 Å². The predicted molar refractivity (Wildman–Crippen MR) is 250 cm³/mol. The molecule has 15 atom stereocenters. The number of cyclic esters (lactones) is 1. The highest BCUT2D eigenvalue weighted by molar-refractivity contribution is 6.39. The second kappa shape index (κ2) is 25.8. The van der Waals surface area contributed by atoms with Gasteiger partial charge in [0.15, 0.2) is 5.78 Å². The Kier molecular flexibility index (Phi) is 21.6. The van der Waals surface area contributed by atoms with Crippen molar-refractivity contribution in [3.8, 4) is 0 Å². The molecule has 372 valence electrons. The number of carbonyl (C=O) groups is 5. The molecule has 3 fully saturated rings. The summed E-state index contributed by atoms with van der Waals surface area (Å²) in [5, 5.41) is 33.9. The van der Waals surface area contributed by atoms with Crippen LogP contribution in [-0.4, -0.2) is 131 Å². The van der Waals surface area contributed by atoms with E-state index in [2.05, 4.69) is 0 Å². The summed E-state index contributed by atoms with van der Waals surface area (Å²) in [6.45, 7) is 15.1. The lowest BCUT2D eigenvalue weighted by Gasteiger charge is -2.43. The van der Waals surface area contributed by atoms with Gasteiger partial charge in [0, 0.05) is 58.0 Å². The van der Waals surface area contributed by atoms with E-state index in [4.69, 9.17) is 23.7 Å². The quantitative estimate of drug-likeness (QED) is 0.141. The monoisotopic (exact) mass is 928 g/mol. The largest absolute Gasteiger partial charge is 0.460 e. The number of allylic oxidation sites excluding steroid dienone is 6. The van der Waals surface area contributed by atoms with Crippen LogP contribution in [0, 0.1) is 35.5 Å². The zero-order chi connectivity index (χ0) is 48.9. The molecule has 0 aromatic carbocycles. The summed E-state index contributed by atoms with van der Waals surface area (Å²) in [7, 11) is 2.95. The Balaban J connectivity index is 1.71. The Morgan fingerprint density at radius 1 is 0.879 bits per heavy atom. The van der Waals surface area contributed by atoms with Gasteiger partial charge in [-0.15, -0.1) is 0 Å². The molecule has 1 unspecified atom stereocenters. The third-order valence-electron chi connectivity index (χ3n) is 14.6. The highest BCUT2D eigenvalue weighted by Crippen LogP contribution is 2.38. The SMILES string of the molecule is CCOC1C[C@@H]2CC[C@@H](C)[C@@](O)(O2)C(=O)C(=O)N2CCCC[C@H]2C(=O)O[C@H]([C@H](C)C[C@@H]2CC[C@@H](O)[C@H](OC)C2)CC(=O)[C@H](C)/C=C(\C)[C@@H](O)[C@@H](OC)C(=O)[C@H](C)C[C@H](C)/C=C/C=C/C=C/1C. The summed E-state index contributed by atoms with van der Waals surface area (Å²) < 4.78 is 29.7. The Labute approximate surface area is 393 Å². The fourth-order valence-corrected chi connectivity index (χ4v) is 10.2. The molecule has 2 saturated heterocycles. The summed E-state index contributed by atoms with van der Waals surface area (Å²) in [6.07, 6.45) is 11.3. The van der Waals surface area contributed by atoms with Crippen molar-refractivity contribution < 1.29 is 63.0 Å². The van der Waals surface area contributed by atoms with E-state index in [1.165, 1.54) is 12.0 Å². The maximum absolute atomic E-state index is 14.4. The molecule has 1 aliphatic carbocycles. The van der Waals surface area contributed by atoms with Crippen LogP contribution in [0.5, 0.6) is 0 Å². The van der Waals surface area contributed by atoms with Crippen LogP contribution >= 0.6 is 0 Å². The molecule has 3 aliphatic heterocycles. The molecular formula is C52H81NO13. The number of esters is 1. The molecule has 4 aliphatic rings. The number of rotatable bonds is 7. The third-order valence-corrected chi connectivity index (χ3v) is 14.6. The van der Waals surface area contributed by atoms with Crippen LogP contribution in [0.25, 0.3) is 0 Å². The maximum Gasteiger partial charge on any atom is 0.329 e. The van der Waals surface area contributed by atoms with E-state index in [1.807, 2.05) is 65.0 Å². The molecule has 66 heavy (non-hydrogen) atoms. The number of hydrogen-bond acceptors (Lipinski definition) is 13. The van der Waals surface area contributed by atoms with Gasteiger partial charge >= 0.3 is 5.97 Å². The second-order valence-corrected chi connectivity index (χ2v) is 19.8. The number of nitrogens with zero attached hydrogens (tertiary/aromatic N) is 1. The summed E-state index contributed by atoms with van der Waals surface area (Å²) >= 11 is 0. The number of aliphatic hydroxyl groups is 3. The molecular weight excluding hydrogens is 847 g/mol. The van der Waals surface area contributed by atoms with Crippen LogP contribution in [-0.2, 0) is 47.7 Å². The van der Waals surface area contributed by atoms with Gasteiger partial charge in [-0.05, 0) is 114 Å².